The summed E-state index contributed by atoms with van der Waals surface area (Å²) in [6.45, 7) is 1.90. The number of hydrogen-bond acceptors (Lipinski definition) is 6. The number of nitrogens with zero attached hydrogens (tertiary/aromatic N) is 4. The molecule has 5 nitrogen and oxygen atoms in total. The molecule has 0 radical (unpaired) electrons. The molecule has 0 saturated carbocycles. The molecule has 0 amide bonds. The summed E-state index contributed by atoms with van der Waals surface area (Å²) in [7, 11) is 0. The van der Waals surface area contributed by atoms with Gasteiger partial charge in [0.25, 0.3) is 5.78 Å². The van der Waals surface area contributed by atoms with Gasteiger partial charge < -0.3 is 5.32 Å². The predicted octanol–water partition coefficient (Wildman–Crippen LogP) is 6.48. The van der Waals surface area contributed by atoms with Gasteiger partial charge in [-0.05, 0) is 65.7 Å². The van der Waals surface area contributed by atoms with Crippen LogP contribution in [0, 0.1) is 12.7 Å². The third kappa shape index (κ3) is 3.86. The van der Waals surface area contributed by atoms with Crippen molar-refractivity contribution in [3.05, 3.63) is 76.0 Å². The Balaban J connectivity index is 1.42. The number of thiophene rings is 1. The van der Waals surface area contributed by atoms with Crippen molar-refractivity contribution in [2.45, 2.75) is 17.8 Å². The average molecular weight is 456 g/mol. The van der Waals surface area contributed by atoms with Gasteiger partial charge in [-0.2, -0.15) is 9.50 Å². The molecule has 3 aromatic heterocycles. The lowest BCUT2D eigenvalue weighted by Gasteiger charge is -2.08. The molecule has 0 fully saturated rings. The van der Waals surface area contributed by atoms with Crippen molar-refractivity contribution in [2.75, 3.05) is 5.32 Å². The second-order valence-corrected chi connectivity index (χ2v) is 9.00. The molecule has 0 spiro atoms. The number of anilines is 2. The zero-order chi connectivity index (χ0) is 20.7. The van der Waals surface area contributed by atoms with Crippen molar-refractivity contribution in [2.24, 2.45) is 0 Å². The first-order chi connectivity index (χ1) is 14.5. The number of benzene rings is 2. The van der Waals surface area contributed by atoms with Gasteiger partial charge in [0.05, 0.1) is 0 Å². The monoisotopic (exact) mass is 455 g/mol. The lowest BCUT2D eigenvalue weighted by Crippen LogP contribution is -2.02. The maximum Gasteiger partial charge on any atom is 0.255 e. The second-order valence-electron chi connectivity index (χ2n) is 6.71. The fourth-order valence-corrected chi connectivity index (χ4v) is 5.14. The molecule has 0 aliphatic heterocycles. The van der Waals surface area contributed by atoms with E-state index in [9.17, 15) is 4.39 Å². The van der Waals surface area contributed by atoms with Crippen molar-refractivity contribution in [1.29, 1.82) is 0 Å². The van der Waals surface area contributed by atoms with Crippen LogP contribution in [0.4, 0.5) is 15.9 Å². The minimum absolute atomic E-state index is 0.279. The number of thioether (sulfide) groups is 1. The summed E-state index contributed by atoms with van der Waals surface area (Å²) >= 11 is 9.41. The molecule has 0 aliphatic rings. The third-order valence-electron chi connectivity index (χ3n) is 4.51. The van der Waals surface area contributed by atoms with Gasteiger partial charge in [-0.3, -0.25) is 0 Å². The highest BCUT2D eigenvalue weighted by molar-refractivity contribution is 7.98. The van der Waals surface area contributed by atoms with Crippen molar-refractivity contribution in [3.63, 3.8) is 0 Å². The summed E-state index contributed by atoms with van der Waals surface area (Å²) in [5, 5.41) is 12.5. The largest absolute Gasteiger partial charge is 0.340 e. The molecule has 150 valence electrons. The van der Waals surface area contributed by atoms with E-state index in [1.807, 2.05) is 31.2 Å². The summed E-state index contributed by atoms with van der Waals surface area (Å²) in [6, 6.07) is 14.0. The summed E-state index contributed by atoms with van der Waals surface area (Å²) in [6.07, 6.45) is 0. The molecule has 5 rings (SSSR count). The van der Waals surface area contributed by atoms with Gasteiger partial charge in [0.1, 0.15) is 11.6 Å². The summed E-state index contributed by atoms with van der Waals surface area (Å²) in [4.78, 5) is 9.05. The second kappa shape index (κ2) is 7.86. The van der Waals surface area contributed by atoms with E-state index in [2.05, 4.69) is 25.8 Å². The molecular weight excluding hydrogens is 441 g/mol. The topological polar surface area (TPSA) is 55.1 Å². The number of halogens is 2. The standard InChI is InChI=1S/C21H15ClFN5S2/c1-12-8-19(25-16-5-3-15(23)4-6-16)28-20(24-12)26-21(27-28)30-11-13-10-29-18-7-2-14(22)9-17(13)18/h2-10,25H,11H2,1H3. The minimum atomic E-state index is -0.279. The predicted molar refractivity (Wildman–Crippen MR) is 122 cm³/mol. The number of nitrogens with one attached hydrogen (secondary N) is 1. The van der Waals surface area contributed by atoms with E-state index in [1.165, 1.54) is 22.4 Å². The first-order valence-corrected chi connectivity index (χ1v) is 11.3. The van der Waals surface area contributed by atoms with Crippen LogP contribution < -0.4 is 5.32 Å². The Kier molecular flexibility index (Phi) is 5.06. The molecule has 0 atom stereocenters. The van der Waals surface area contributed by atoms with Crippen molar-refractivity contribution < 1.29 is 4.39 Å². The van der Waals surface area contributed by atoms with Gasteiger partial charge in [-0.25, -0.2) is 9.37 Å². The van der Waals surface area contributed by atoms with Crippen LogP contribution >= 0.6 is 34.7 Å². The normalized spacial score (nSPS) is 11.4. The van der Waals surface area contributed by atoms with Gasteiger partial charge in [0.15, 0.2) is 0 Å². The Labute approximate surface area is 184 Å². The van der Waals surface area contributed by atoms with Gasteiger partial charge in [0.2, 0.25) is 5.16 Å². The van der Waals surface area contributed by atoms with Crippen molar-refractivity contribution in [1.82, 2.24) is 19.6 Å². The molecule has 0 saturated heterocycles. The number of rotatable bonds is 5. The van der Waals surface area contributed by atoms with Crippen LogP contribution in [0.2, 0.25) is 5.02 Å². The van der Waals surface area contributed by atoms with E-state index in [4.69, 9.17) is 11.6 Å². The smallest absolute Gasteiger partial charge is 0.255 e. The van der Waals surface area contributed by atoms with E-state index in [-0.39, 0.29) is 5.82 Å². The third-order valence-corrected chi connectivity index (χ3v) is 6.64. The maximum atomic E-state index is 13.2. The van der Waals surface area contributed by atoms with E-state index in [1.54, 1.807) is 39.7 Å². The zero-order valence-electron chi connectivity index (χ0n) is 15.8. The van der Waals surface area contributed by atoms with Gasteiger partial charge in [-0.15, -0.1) is 16.4 Å². The molecule has 9 heteroatoms. The molecule has 0 unspecified atom stereocenters. The molecule has 1 N–H and O–H groups in total. The Bertz CT molecular complexity index is 1360. The van der Waals surface area contributed by atoms with Gasteiger partial charge >= 0.3 is 0 Å². The molecule has 0 aliphatic carbocycles. The van der Waals surface area contributed by atoms with Crippen LogP contribution in [-0.4, -0.2) is 19.6 Å². The van der Waals surface area contributed by atoms with Crippen LogP contribution in [0.15, 0.2) is 59.1 Å². The number of hydrogen-bond donors (Lipinski definition) is 1. The highest BCUT2D eigenvalue weighted by Crippen LogP contribution is 2.32. The lowest BCUT2D eigenvalue weighted by molar-refractivity contribution is 0.628. The molecule has 30 heavy (non-hydrogen) atoms. The quantitative estimate of drug-likeness (QED) is 0.307. The highest BCUT2D eigenvalue weighted by Gasteiger charge is 2.12. The Morgan fingerprint density at radius 1 is 1.13 bits per heavy atom. The van der Waals surface area contributed by atoms with Crippen LogP contribution in [0.3, 0.4) is 0 Å². The van der Waals surface area contributed by atoms with Gasteiger partial charge in [-0.1, -0.05) is 23.4 Å². The minimum Gasteiger partial charge on any atom is -0.340 e. The fraction of sp³-hybridized carbons (Fsp3) is 0.0952. The molecule has 0 bridgehead atoms. The molecular formula is C21H15ClFN5S2. The van der Waals surface area contributed by atoms with Crippen molar-refractivity contribution >= 4 is 62.1 Å². The fourth-order valence-electron chi connectivity index (χ4n) is 3.11. The summed E-state index contributed by atoms with van der Waals surface area (Å²) in [5.41, 5.74) is 2.78. The van der Waals surface area contributed by atoms with Crippen LogP contribution in [-0.2, 0) is 5.75 Å². The maximum absolute atomic E-state index is 13.2. The Hall–Kier alpha value is -2.68. The molecule has 2 aromatic carbocycles. The van der Waals surface area contributed by atoms with Crippen LogP contribution in [0.5, 0.6) is 0 Å². The first kappa shape index (κ1) is 19.3. The number of fused-ring (bicyclic) bond motifs is 2. The molecule has 3 heterocycles. The summed E-state index contributed by atoms with van der Waals surface area (Å²) in [5.74, 6) is 1.69. The lowest BCUT2D eigenvalue weighted by atomic mass is 10.2. The average Bonchev–Trinajstić information content (AvgIpc) is 3.31. The first-order valence-electron chi connectivity index (χ1n) is 9.10. The van der Waals surface area contributed by atoms with E-state index in [0.29, 0.717) is 10.9 Å². The highest BCUT2D eigenvalue weighted by atomic mass is 35.5. The van der Waals surface area contributed by atoms with Gasteiger partial charge in [0, 0.05) is 32.9 Å². The van der Waals surface area contributed by atoms with E-state index in [0.717, 1.165) is 33.4 Å². The summed E-state index contributed by atoms with van der Waals surface area (Å²) < 4.78 is 16.1. The Morgan fingerprint density at radius 2 is 1.97 bits per heavy atom. The Morgan fingerprint density at radius 3 is 2.80 bits per heavy atom. The van der Waals surface area contributed by atoms with Crippen molar-refractivity contribution in [3.8, 4) is 0 Å². The van der Waals surface area contributed by atoms with Crippen LogP contribution in [0.1, 0.15) is 11.3 Å². The van der Waals surface area contributed by atoms with E-state index >= 15 is 0 Å². The zero-order valence-corrected chi connectivity index (χ0v) is 18.2. The molecule has 5 aromatic rings. The number of aromatic nitrogens is 4. The number of aryl methyl sites for hydroxylation is 1. The van der Waals surface area contributed by atoms with Crippen LogP contribution in [0.25, 0.3) is 15.9 Å². The van der Waals surface area contributed by atoms with E-state index < -0.39 is 0 Å². The SMILES string of the molecule is Cc1cc(Nc2ccc(F)cc2)n2nc(SCc3csc4ccc(Cl)cc34)nc2n1.